The lowest BCUT2D eigenvalue weighted by Crippen LogP contribution is -2.19. The van der Waals surface area contributed by atoms with Gasteiger partial charge in [-0.1, -0.05) is 23.5 Å². The van der Waals surface area contributed by atoms with E-state index in [0.717, 1.165) is 10.2 Å². The summed E-state index contributed by atoms with van der Waals surface area (Å²) in [7, 11) is 4.71. The molecule has 0 N–H and O–H groups in total. The normalized spacial score (nSPS) is 11.8. The van der Waals surface area contributed by atoms with E-state index in [2.05, 4.69) is 4.99 Å². The van der Waals surface area contributed by atoms with Crippen molar-refractivity contribution in [3.63, 3.8) is 0 Å². The molecule has 0 aliphatic carbocycles. The van der Waals surface area contributed by atoms with Crippen molar-refractivity contribution < 1.29 is 23.4 Å². The fourth-order valence-electron chi connectivity index (χ4n) is 2.66. The second-order valence-corrected chi connectivity index (χ2v) is 6.61. The zero-order chi connectivity index (χ0) is 19.4. The highest BCUT2D eigenvalue weighted by molar-refractivity contribution is 7.16. The second-order valence-electron chi connectivity index (χ2n) is 5.60. The molecule has 0 saturated carbocycles. The number of thiazole rings is 1. The standard InChI is InChI=1S/C19H19FN2O4S/c1-24-9-8-22-14-10-15(25-2)16(26-3)11-17(14)27-19(22)21-18(23)12-6-4-5-7-13(12)20/h4-7,10-11H,8-9H2,1-3H3. The van der Waals surface area contributed by atoms with Crippen LogP contribution in [0.4, 0.5) is 4.39 Å². The van der Waals surface area contributed by atoms with Gasteiger partial charge in [0.15, 0.2) is 16.3 Å². The molecule has 0 aliphatic heterocycles. The molecular weight excluding hydrogens is 371 g/mol. The lowest BCUT2D eigenvalue weighted by Gasteiger charge is -2.09. The predicted molar refractivity (Wildman–Crippen MR) is 101 cm³/mol. The van der Waals surface area contributed by atoms with Crippen LogP contribution >= 0.6 is 11.3 Å². The average Bonchev–Trinajstić information content (AvgIpc) is 3.01. The molecule has 1 amide bonds. The maximum Gasteiger partial charge on any atom is 0.282 e. The van der Waals surface area contributed by atoms with Crippen LogP contribution in [0.1, 0.15) is 10.4 Å². The fraction of sp³-hybridized carbons (Fsp3) is 0.263. The summed E-state index contributed by atoms with van der Waals surface area (Å²) in [5.41, 5.74) is 0.762. The van der Waals surface area contributed by atoms with Gasteiger partial charge in [-0.2, -0.15) is 4.99 Å². The van der Waals surface area contributed by atoms with E-state index in [9.17, 15) is 9.18 Å². The molecular formula is C19H19FN2O4S. The van der Waals surface area contributed by atoms with E-state index in [1.165, 1.54) is 29.5 Å². The summed E-state index contributed by atoms with van der Waals surface area (Å²) < 4.78 is 32.5. The summed E-state index contributed by atoms with van der Waals surface area (Å²) in [6, 6.07) is 9.44. The number of methoxy groups -OCH3 is 3. The SMILES string of the molecule is COCCn1c(=NC(=O)c2ccccc2F)sc2cc(OC)c(OC)cc21. The van der Waals surface area contributed by atoms with Gasteiger partial charge >= 0.3 is 0 Å². The van der Waals surface area contributed by atoms with Crippen LogP contribution in [-0.2, 0) is 11.3 Å². The molecule has 0 atom stereocenters. The maximum atomic E-state index is 13.9. The molecule has 0 radical (unpaired) electrons. The van der Waals surface area contributed by atoms with Crippen LogP contribution in [0.5, 0.6) is 11.5 Å². The molecule has 8 heteroatoms. The number of amides is 1. The molecule has 0 unspecified atom stereocenters. The zero-order valence-electron chi connectivity index (χ0n) is 15.2. The lowest BCUT2D eigenvalue weighted by atomic mass is 10.2. The van der Waals surface area contributed by atoms with Gasteiger partial charge in [0.25, 0.3) is 5.91 Å². The molecule has 142 valence electrons. The molecule has 3 rings (SSSR count). The predicted octanol–water partition coefficient (Wildman–Crippen LogP) is 3.25. The van der Waals surface area contributed by atoms with Crippen molar-refractivity contribution in [1.82, 2.24) is 4.57 Å². The summed E-state index contributed by atoms with van der Waals surface area (Å²) in [6.45, 7) is 0.913. The highest BCUT2D eigenvalue weighted by Crippen LogP contribution is 2.33. The third kappa shape index (κ3) is 3.86. The number of carbonyl (C=O) groups excluding carboxylic acids is 1. The van der Waals surface area contributed by atoms with E-state index in [0.29, 0.717) is 29.5 Å². The molecule has 6 nitrogen and oxygen atoms in total. The Balaban J connectivity index is 2.18. The highest BCUT2D eigenvalue weighted by Gasteiger charge is 2.15. The molecule has 27 heavy (non-hydrogen) atoms. The summed E-state index contributed by atoms with van der Waals surface area (Å²) in [5.74, 6) is -0.0815. The number of ether oxygens (including phenoxy) is 3. The summed E-state index contributed by atoms with van der Waals surface area (Å²) in [4.78, 5) is 17.1. The van der Waals surface area contributed by atoms with Crippen LogP contribution < -0.4 is 14.3 Å². The Bertz CT molecular complexity index is 1040. The third-order valence-corrected chi connectivity index (χ3v) is 5.05. The Kier molecular flexibility index (Phi) is 5.88. The van der Waals surface area contributed by atoms with Crippen LogP contribution in [-0.4, -0.2) is 38.4 Å². The van der Waals surface area contributed by atoms with Gasteiger partial charge in [0.05, 0.1) is 36.6 Å². The smallest absolute Gasteiger partial charge is 0.282 e. The fourth-order valence-corrected chi connectivity index (χ4v) is 3.73. The van der Waals surface area contributed by atoms with E-state index in [1.807, 2.05) is 16.7 Å². The Morgan fingerprint density at radius 1 is 1.15 bits per heavy atom. The number of hydrogen-bond acceptors (Lipinski definition) is 5. The largest absolute Gasteiger partial charge is 0.493 e. The Morgan fingerprint density at radius 3 is 2.52 bits per heavy atom. The minimum atomic E-state index is -0.634. The Hall–Kier alpha value is -2.71. The minimum absolute atomic E-state index is 0.0663. The van der Waals surface area contributed by atoms with Gasteiger partial charge in [0.1, 0.15) is 5.82 Å². The molecule has 1 heterocycles. The third-order valence-electron chi connectivity index (χ3n) is 4.01. The second kappa shape index (κ2) is 8.32. The van der Waals surface area contributed by atoms with E-state index in [1.54, 1.807) is 27.4 Å². The Labute approximate surface area is 159 Å². The summed E-state index contributed by atoms with van der Waals surface area (Å²) >= 11 is 1.31. The first kappa shape index (κ1) is 19.1. The summed E-state index contributed by atoms with van der Waals surface area (Å²) in [5, 5.41) is 0. The van der Waals surface area contributed by atoms with Gasteiger partial charge in [-0.25, -0.2) is 4.39 Å². The van der Waals surface area contributed by atoms with Crippen molar-refractivity contribution in [3.8, 4) is 11.5 Å². The number of hydrogen-bond donors (Lipinski definition) is 0. The van der Waals surface area contributed by atoms with Gasteiger partial charge < -0.3 is 18.8 Å². The van der Waals surface area contributed by atoms with Crippen molar-refractivity contribution in [2.24, 2.45) is 4.99 Å². The van der Waals surface area contributed by atoms with Gasteiger partial charge in [0.2, 0.25) is 0 Å². The van der Waals surface area contributed by atoms with E-state index >= 15 is 0 Å². The molecule has 1 aromatic heterocycles. The van der Waals surface area contributed by atoms with E-state index in [-0.39, 0.29) is 5.56 Å². The lowest BCUT2D eigenvalue weighted by molar-refractivity contribution is 0.0993. The molecule has 0 fully saturated rings. The van der Waals surface area contributed by atoms with E-state index < -0.39 is 11.7 Å². The number of fused-ring (bicyclic) bond motifs is 1. The van der Waals surface area contributed by atoms with Crippen LogP contribution in [0, 0.1) is 5.82 Å². The first-order valence-electron chi connectivity index (χ1n) is 8.17. The van der Waals surface area contributed by atoms with Crippen LogP contribution in [0.3, 0.4) is 0 Å². The van der Waals surface area contributed by atoms with Crippen LogP contribution in [0.2, 0.25) is 0 Å². The maximum absolute atomic E-state index is 13.9. The molecule has 0 saturated heterocycles. The number of rotatable bonds is 6. The van der Waals surface area contributed by atoms with Gasteiger partial charge in [-0.15, -0.1) is 0 Å². The molecule has 0 spiro atoms. The first-order valence-corrected chi connectivity index (χ1v) is 8.98. The molecule has 0 aliphatic rings. The Morgan fingerprint density at radius 2 is 1.85 bits per heavy atom. The van der Waals surface area contributed by atoms with Crippen LogP contribution in [0.25, 0.3) is 10.2 Å². The number of nitrogens with zero attached hydrogens (tertiary/aromatic N) is 2. The van der Waals surface area contributed by atoms with Crippen LogP contribution in [0.15, 0.2) is 41.4 Å². The number of carbonyl (C=O) groups is 1. The van der Waals surface area contributed by atoms with Crippen molar-refractivity contribution >= 4 is 27.5 Å². The van der Waals surface area contributed by atoms with Crippen molar-refractivity contribution in [1.29, 1.82) is 0 Å². The topological polar surface area (TPSA) is 62.1 Å². The molecule has 0 bridgehead atoms. The molecule has 3 aromatic rings. The monoisotopic (exact) mass is 390 g/mol. The van der Waals surface area contributed by atoms with Gasteiger partial charge in [-0.05, 0) is 12.1 Å². The van der Waals surface area contributed by atoms with Gasteiger partial charge in [-0.3, -0.25) is 4.79 Å². The van der Waals surface area contributed by atoms with Crippen molar-refractivity contribution in [2.75, 3.05) is 27.9 Å². The number of halogens is 1. The zero-order valence-corrected chi connectivity index (χ0v) is 16.0. The molecule has 2 aromatic carbocycles. The summed E-state index contributed by atoms with van der Waals surface area (Å²) in [6.07, 6.45) is 0. The quantitative estimate of drug-likeness (QED) is 0.648. The minimum Gasteiger partial charge on any atom is -0.493 e. The highest BCUT2D eigenvalue weighted by atomic mass is 32.1. The van der Waals surface area contributed by atoms with Crippen molar-refractivity contribution in [3.05, 3.63) is 52.6 Å². The van der Waals surface area contributed by atoms with E-state index in [4.69, 9.17) is 14.2 Å². The van der Waals surface area contributed by atoms with Crippen molar-refractivity contribution in [2.45, 2.75) is 6.54 Å². The average molecular weight is 390 g/mol. The number of aromatic nitrogens is 1. The first-order chi connectivity index (χ1) is 13.1. The number of benzene rings is 2. The van der Waals surface area contributed by atoms with Gasteiger partial charge in [0, 0.05) is 25.8 Å².